The predicted molar refractivity (Wildman–Crippen MR) is 71.1 cm³/mol. The minimum atomic E-state index is -2.45. The summed E-state index contributed by atoms with van der Waals surface area (Å²) in [5.41, 5.74) is 0. The maximum Gasteiger partial charge on any atom is 0.335 e. The lowest BCUT2D eigenvalue weighted by molar-refractivity contribution is 0.261. The van der Waals surface area contributed by atoms with Gasteiger partial charge in [-0.15, -0.1) is 0 Å². The summed E-state index contributed by atoms with van der Waals surface area (Å²) in [5, 5.41) is 0. The van der Waals surface area contributed by atoms with Crippen LogP contribution in [0.4, 0.5) is 0 Å². The van der Waals surface area contributed by atoms with Gasteiger partial charge in [0, 0.05) is 14.2 Å². The lowest BCUT2D eigenvalue weighted by Gasteiger charge is -2.30. The maximum atomic E-state index is 5.97. The summed E-state index contributed by atoms with van der Waals surface area (Å²) in [6.07, 6.45) is 0. The van der Waals surface area contributed by atoms with Crippen LogP contribution in [0.2, 0.25) is 39.3 Å². The van der Waals surface area contributed by atoms with Crippen molar-refractivity contribution in [3.63, 3.8) is 0 Å². The van der Waals surface area contributed by atoms with E-state index in [-0.39, 0.29) is 0 Å². The molecule has 0 bridgehead atoms. The Kier molecular flexibility index (Phi) is 5.44. The third-order valence-corrected chi connectivity index (χ3v) is 8.69. The van der Waals surface area contributed by atoms with E-state index in [2.05, 4.69) is 43.7 Å². The van der Waals surface area contributed by atoms with E-state index >= 15 is 0 Å². The Balaban J connectivity index is 5.15. The molecule has 4 nitrogen and oxygen atoms in total. The molecule has 0 atom stereocenters. The highest BCUT2D eigenvalue weighted by atomic mass is 31.2. The van der Waals surface area contributed by atoms with E-state index in [1.807, 2.05) is 0 Å². The highest BCUT2D eigenvalue weighted by molar-refractivity contribution is 7.54. The molecule has 0 rings (SSSR count). The van der Waals surface area contributed by atoms with Crippen LogP contribution in [0.25, 0.3) is 0 Å². The van der Waals surface area contributed by atoms with Gasteiger partial charge in [0.05, 0.1) is 0 Å². The molecule has 0 N–H and O–H groups in total. The molecule has 15 heavy (non-hydrogen) atoms. The first-order chi connectivity index (χ1) is 6.54. The van der Waals surface area contributed by atoms with Crippen LogP contribution >= 0.6 is 7.74 Å². The lowest BCUT2D eigenvalue weighted by atomic mass is 11.8. The predicted octanol–water partition coefficient (Wildman–Crippen LogP) is 3.91. The summed E-state index contributed by atoms with van der Waals surface area (Å²) in [7, 11) is -2.55. The molecule has 0 aliphatic rings. The minimum Gasteiger partial charge on any atom is -0.346 e. The van der Waals surface area contributed by atoms with Crippen LogP contribution in [0.5, 0.6) is 0 Å². The minimum absolute atomic E-state index is 1.61. The van der Waals surface area contributed by atoms with Crippen LogP contribution in [-0.4, -0.2) is 30.8 Å². The van der Waals surface area contributed by atoms with Gasteiger partial charge < -0.3 is 13.3 Å². The van der Waals surface area contributed by atoms with Crippen LogP contribution in [0.15, 0.2) is 4.41 Å². The van der Waals surface area contributed by atoms with E-state index < -0.39 is 24.3 Å². The van der Waals surface area contributed by atoms with E-state index in [0.717, 1.165) is 0 Å². The zero-order chi connectivity index (χ0) is 12.3. The van der Waals surface area contributed by atoms with Gasteiger partial charge in [-0.2, -0.15) is 0 Å². The molecule has 0 saturated heterocycles. The molecular formula is C8H24NO3PSi2. The van der Waals surface area contributed by atoms with E-state index in [9.17, 15) is 0 Å². The molecule has 0 unspecified atom stereocenters. The average molecular weight is 269 g/mol. The van der Waals surface area contributed by atoms with Gasteiger partial charge in [-0.05, 0) is 39.3 Å². The van der Waals surface area contributed by atoms with Gasteiger partial charge in [0.15, 0.2) is 16.6 Å². The second-order valence-corrected chi connectivity index (χ2v) is 17.1. The third-order valence-electron chi connectivity index (χ3n) is 1.27. The Morgan fingerprint density at radius 2 is 1.27 bits per heavy atom. The van der Waals surface area contributed by atoms with Crippen molar-refractivity contribution in [3.8, 4) is 0 Å². The van der Waals surface area contributed by atoms with Crippen molar-refractivity contribution in [1.29, 1.82) is 0 Å². The quantitative estimate of drug-likeness (QED) is 0.561. The first-order valence-corrected chi connectivity index (χ1v) is 13.3. The molecule has 0 amide bonds. The van der Waals surface area contributed by atoms with Crippen molar-refractivity contribution in [2.45, 2.75) is 39.3 Å². The number of hydrogen-bond donors (Lipinski definition) is 0. The van der Waals surface area contributed by atoms with Crippen LogP contribution in [-0.2, 0) is 13.3 Å². The van der Waals surface area contributed by atoms with Gasteiger partial charge in [0.1, 0.15) is 0 Å². The molecular weight excluding hydrogens is 245 g/mol. The lowest BCUT2D eigenvalue weighted by Crippen LogP contribution is -2.26. The van der Waals surface area contributed by atoms with Crippen molar-refractivity contribution in [1.82, 2.24) is 0 Å². The van der Waals surface area contributed by atoms with E-state index in [0.29, 0.717) is 0 Å². The first kappa shape index (κ1) is 15.5. The molecule has 0 aromatic rings. The van der Waals surface area contributed by atoms with Crippen LogP contribution < -0.4 is 0 Å². The van der Waals surface area contributed by atoms with Crippen LogP contribution in [0, 0.1) is 0 Å². The number of hydrogen-bond acceptors (Lipinski definition) is 4. The van der Waals surface area contributed by atoms with Crippen LogP contribution in [0.1, 0.15) is 0 Å². The monoisotopic (exact) mass is 269 g/mol. The summed E-state index contributed by atoms with van der Waals surface area (Å²) in [5.74, 6) is 0. The van der Waals surface area contributed by atoms with Gasteiger partial charge >= 0.3 is 7.74 Å². The maximum absolute atomic E-state index is 5.97. The van der Waals surface area contributed by atoms with E-state index in [1.54, 1.807) is 14.2 Å². The van der Waals surface area contributed by atoms with Crippen molar-refractivity contribution in [2.75, 3.05) is 14.2 Å². The standard InChI is InChI=1S/C8H24NO3PSi2/c1-10-13(11-2,9-14(3,4)5)12-15(6,7)8/h1-8H3. The zero-order valence-electron chi connectivity index (χ0n) is 11.1. The first-order valence-electron chi connectivity index (χ1n) is 4.99. The molecule has 0 aromatic heterocycles. The zero-order valence-corrected chi connectivity index (χ0v) is 14.0. The largest absolute Gasteiger partial charge is 0.346 e. The molecule has 0 saturated carbocycles. The fraction of sp³-hybridized carbons (Fsp3) is 1.00. The second-order valence-electron chi connectivity index (χ2n) is 5.31. The Morgan fingerprint density at radius 3 is 1.47 bits per heavy atom. The third kappa shape index (κ3) is 6.65. The number of nitrogens with zero attached hydrogens (tertiary/aromatic N) is 1. The van der Waals surface area contributed by atoms with E-state index in [4.69, 9.17) is 13.3 Å². The van der Waals surface area contributed by atoms with Gasteiger partial charge in [0.2, 0.25) is 0 Å². The van der Waals surface area contributed by atoms with Gasteiger partial charge in [-0.25, -0.2) is 0 Å². The van der Waals surface area contributed by atoms with E-state index in [1.165, 1.54) is 0 Å². The average Bonchev–Trinajstić information content (AvgIpc) is 1.98. The van der Waals surface area contributed by atoms with Crippen LogP contribution in [0.3, 0.4) is 0 Å². The molecule has 0 aromatic carbocycles. The van der Waals surface area contributed by atoms with Crippen molar-refractivity contribution in [3.05, 3.63) is 0 Å². The molecule has 0 fully saturated rings. The molecule has 0 radical (unpaired) electrons. The Bertz CT molecular complexity index is 250. The van der Waals surface area contributed by atoms with Gasteiger partial charge in [0.25, 0.3) is 0 Å². The normalized spacial score (nSPS) is 14.1. The summed E-state index contributed by atoms with van der Waals surface area (Å²) in [6.45, 7) is 12.8. The van der Waals surface area contributed by atoms with Crippen molar-refractivity contribution < 1.29 is 13.3 Å². The molecule has 7 heteroatoms. The van der Waals surface area contributed by atoms with Crippen molar-refractivity contribution >= 4 is 24.3 Å². The summed E-state index contributed by atoms with van der Waals surface area (Å²) < 4.78 is 21.5. The van der Waals surface area contributed by atoms with Gasteiger partial charge in [-0.3, -0.25) is 4.41 Å². The summed E-state index contributed by atoms with van der Waals surface area (Å²) in [6, 6.07) is 0. The fourth-order valence-corrected chi connectivity index (χ4v) is 8.60. The number of rotatable bonds is 5. The fourth-order valence-electron chi connectivity index (χ4n) is 0.965. The SMILES string of the molecule is COP(=N[Si](C)(C)C)(OC)O[Si](C)(C)C. The Hall–Kier alpha value is 0.544. The summed E-state index contributed by atoms with van der Waals surface area (Å²) in [4.78, 5) is 0. The topological polar surface area (TPSA) is 40.0 Å². The molecule has 0 aliphatic carbocycles. The second kappa shape index (κ2) is 5.25. The molecule has 0 spiro atoms. The highest BCUT2D eigenvalue weighted by Crippen LogP contribution is 2.55. The Labute approximate surface area is 95.8 Å². The molecule has 0 aliphatic heterocycles. The summed E-state index contributed by atoms with van der Waals surface area (Å²) >= 11 is 0. The smallest absolute Gasteiger partial charge is 0.335 e. The molecule has 92 valence electrons. The Morgan fingerprint density at radius 1 is 0.867 bits per heavy atom. The van der Waals surface area contributed by atoms with Gasteiger partial charge in [-0.1, -0.05) is 0 Å². The van der Waals surface area contributed by atoms with Crippen molar-refractivity contribution in [2.24, 2.45) is 4.41 Å². The molecule has 0 heterocycles. The highest BCUT2D eigenvalue weighted by Gasteiger charge is 2.31.